The van der Waals surface area contributed by atoms with E-state index in [0.29, 0.717) is 0 Å². The first-order valence-electron chi connectivity index (χ1n) is 7.44. The van der Waals surface area contributed by atoms with E-state index in [1.54, 1.807) is 0 Å². The van der Waals surface area contributed by atoms with E-state index < -0.39 is 0 Å². The van der Waals surface area contributed by atoms with Crippen molar-refractivity contribution in [1.29, 1.82) is 0 Å². The van der Waals surface area contributed by atoms with Crippen LogP contribution in [-0.2, 0) is 5.54 Å². The van der Waals surface area contributed by atoms with E-state index in [0.717, 1.165) is 12.3 Å². The van der Waals surface area contributed by atoms with Gasteiger partial charge in [-0.2, -0.15) is 0 Å². The number of nitrogens with two attached hydrogens (primary N) is 1. The SMILES string of the molecule is Cc1ccccc1C(C)(N)CCC1CCCCC1. The molecule has 1 heteroatoms. The molecule has 1 aliphatic carbocycles. The Hall–Kier alpha value is -0.820. The standard InChI is InChI=1S/C17H27N/c1-14-8-6-7-11-16(14)17(2,18)13-12-15-9-4-3-5-10-15/h6-8,11,15H,3-5,9-10,12-13,18H2,1-2H3. The van der Waals surface area contributed by atoms with Gasteiger partial charge in [-0.1, -0.05) is 56.4 Å². The van der Waals surface area contributed by atoms with Crippen molar-refractivity contribution in [3.05, 3.63) is 35.4 Å². The molecule has 0 amide bonds. The molecule has 0 heterocycles. The van der Waals surface area contributed by atoms with Gasteiger partial charge in [0.05, 0.1) is 0 Å². The minimum absolute atomic E-state index is 0.164. The van der Waals surface area contributed by atoms with Gasteiger partial charge in [-0.05, 0) is 43.7 Å². The Bertz CT molecular complexity index is 375. The quantitative estimate of drug-likeness (QED) is 0.828. The lowest BCUT2D eigenvalue weighted by Crippen LogP contribution is -2.34. The third-order valence-corrected chi connectivity index (χ3v) is 4.56. The summed E-state index contributed by atoms with van der Waals surface area (Å²) in [7, 11) is 0. The molecule has 1 fully saturated rings. The number of hydrogen-bond donors (Lipinski definition) is 1. The third-order valence-electron chi connectivity index (χ3n) is 4.56. The van der Waals surface area contributed by atoms with Crippen LogP contribution in [0.1, 0.15) is 63.0 Å². The van der Waals surface area contributed by atoms with E-state index in [2.05, 4.69) is 38.1 Å². The van der Waals surface area contributed by atoms with Gasteiger partial charge in [-0.3, -0.25) is 0 Å². The number of aryl methyl sites for hydroxylation is 1. The van der Waals surface area contributed by atoms with Crippen LogP contribution in [0, 0.1) is 12.8 Å². The summed E-state index contributed by atoms with van der Waals surface area (Å²) < 4.78 is 0. The molecule has 1 aliphatic rings. The Kier molecular flexibility index (Phi) is 4.45. The van der Waals surface area contributed by atoms with Crippen LogP contribution in [0.5, 0.6) is 0 Å². The zero-order valence-corrected chi connectivity index (χ0v) is 11.9. The second-order valence-corrected chi connectivity index (χ2v) is 6.28. The fourth-order valence-electron chi connectivity index (χ4n) is 3.33. The average molecular weight is 245 g/mol. The highest BCUT2D eigenvalue weighted by molar-refractivity contribution is 5.31. The lowest BCUT2D eigenvalue weighted by Gasteiger charge is -2.30. The molecule has 0 aromatic heterocycles. The Morgan fingerprint density at radius 2 is 1.83 bits per heavy atom. The Morgan fingerprint density at radius 3 is 2.50 bits per heavy atom. The van der Waals surface area contributed by atoms with E-state index in [4.69, 9.17) is 5.73 Å². The van der Waals surface area contributed by atoms with Crippen molar-refractivity contribution < 1.29 is 0 Å². The van der Waals surface area contributed by atoms with E-state index in [-0.39, 0.29) is 5.54 Å². The summed E-state index contributed by atoms with van der Waals surface area (Å²) >= 11 is 0. The van der Waals surface area contributed by atoms with Gasteiger partial charge in [-0.25, -0.2) is 0 Å². The monoisotopic (exact) mass is 245 g/mol. The molecule has 1 saturated carbocycles. The summed E-state index contributed by atoms with van der Waals surface area (Å²) in [5.74, 6) is 0.922. The fourth-order valence-corrected chi connectivity index (χ4v) is 3.33. The smallest absolute Gasteiger partial charge is 0.0383 e. The van der Waals surface area contributed by atoms with Gasteiger partial charge in [0, 0.05) is 5.54 Å². The molecule has 0 aliphatic heterocycles. The van der Waals surface area contributed by atoms with Crippen LogP contribution < -0.4 is 5.73 Å². The second-order valence-electron chi connectivity index (χ2n) is 6.28. The molecule has 0 bridgehead atoms. The van der Waals surface area contributed by atoms with Crippen molar-refractivity contribution in [2.75, 3.05) is 0 Å². The summed E-state index contributed by atoms with van der Waals surface area (Å²) in [6.07, 6.45) is 9.54. The van der Waals surface area contributed by atoms with Gasteiger partial charge in [0.15, 0.2) is 0 Å². The molecule has 1 atom stereocenters. The first-order valence-corrected chi connectivity index (χ1v) is 7.44. The van der Waals surface area contributed by atoms with E-state index >= 15 is 0 Å². The molecule has 18 heavy (non-hydrogen) atoms. The van der Waals surface area contributed by atoms with Gasteiger partial charge in [-0.15, -0.1) is 0 Å². The van der Waals surface area contributed by atoms with Gasteiger partial charge in [0.25, 0.3) is 0 Å². The number of benzene rings is 1. The van der Waals surface area contributed by atoms with Crippen molar-refractivity contribution in [3.8, 4) is 0 Å². The largest absolute Gasteiger partial charge is 0.322 e. The maximum atomic E-state index is 6.56. The maximum absolute atomic E-state index is 6.56. The molecule has 1 aromatic carbocycles. The van der Waals surface area contributed by atoms with Crippen molar-refractivity contribution in [1.82, 2.24) is 0 Å². The highest BCUT2D eigenvalue weighted by atomic mass is 14.7. The van der Waals surface area contributed by atoms with E-state index in [9.17, 15) is 0 Å². The number of hydrogen-bond acceptors (Lipinski definition) is 1. The lowest BCUT2D eigenvalue weighted by molar-refractivity contribution is 0.297. The van der Waals surface area contributed by atoms with Crippen LogP contribution in [0.4, 0.5) is 0 Å². The van der Waals surface area contributed by atoms with Gasteiger partial charge >= 0.3 is 0 Å². The molecule has 0 spiro atoms. The lowest BCUT2D eigenvalue weighted by atomic mass is 9.79. The molecular weight excluding hydrogens is 218 g/mol. The molecule has 0 radical (unpaired) electrons. The van der Waals surface area contributed by atoms with Gasteiger partial charge in [0.2, 0.25) is 0 Å². The molecule has 1 nitrogen and oxygen atoms in total. The zero-order chi connectivity index (χ0) is 13.0. The summed E-state index contributed by atoms with van der Waals surface area (Å²) in [6.45, 7) is 4.36. The van der Waals surface area contributed by atoms with Crippen molar-refractivity contribution in [3.63, 3.8) is 0 Å². The van der Waals surface area contributed by atoms with Crippen LogP contribution in [0.3, 0.4) is 0 Å². The molecular formula is C17H27N. The molecule has 2 N–H and O–H groups in total. The van der Waals surface area contributed by atoms with Crippen LogP contribution in [0.15, 0.2) is 24.3 Å². The van der Waals surface area contributed by atoms with E-state index in [1.807, 2.05) is 0 Å². The summed E-state index contributed by atoms with van der Waals surface area (Å²) in [4.78, 5) is 0. The second kappa shape index (κ2) is 5.88. The minimum Gasteiger partial charge on any atom is -0.322 e. The average Bonchev–Trinajstić information content (AvgIpc) is 2.38. The normalized spacial score (nSPS) is 20.6. The first kappa shape index (κ1) is 13.6. The molecule has 0 saturated heterocycles. The number of rotatable bonds is 4. The topological polar surface area (TPSA) is 26.0 Å². The van der Waals surface area contributed by atoms with Crippen LogP contribution in [0.25, 0.3) is 0 Å². The Morgan fingerprint density at radius 1 is 1.17 bits per heavy atom. The van der Waals surface area contributed by atoms with E-state index in [1.165, 1.54) is 49.7 Å². The minimum atomic E-state index is -0.164. The molecule has 2 rings (SSSR count). The van der Waals surface area contributed by atoms with Gasteiger partial charge < -0.3 is 5.73 Å². The van der Waals surface area contributed by atoms with Gasteiger partial charge in [0.1, 0.15) is 0 Å². The highest BCUT2D eigenvalue weighted by Crippen LogP contribution is 2.32. The Balaban J connectivity index is 1.96. The third kappa shape index (κ3) is 3.35. The fraction of sp³-hybridized carbons (Fsp3) is 0.647. The predicted molar refractivity (Wildman–Crippen MR) is 78.5 cm³/mol. The first-order chi connectivity index (χ1) is 8.59. The summed E-state index contributed by atoms with van der Waals surface area (Å²) in [5.41, 5.74) is 9.04. The molecule has 1 aromatic rings. The molecule has 100 valence electrons. The highest BCUT2D eigenvalue weighted by Gasteiger charge is 2.24. The summed E-state index contributed by atoms with van der Waals surface area (Å²) in [5, 5.41) is 0. The predicted octanol–water partition coefficient (Wildman–Crippen LogP) is 4.53. The van der Waals surface area contributed by atoms with Crippen molar-refractivity contribution in [2.45, 2.75) is 64.3 Å². The van der Waals surface area contributed by atoms with Crippen LogP contribution in [-0.4, -0.2) is 0 Å². The zero-order valence-electron chi connectivity index (χ0n) is 11.9. The Labute approximate surface area is 112 Å². The summed E-state index contributed by atoms with van der Waals surface area (Å²) in [6, 6.07) is 8.56. The van der Waals surface area contributed by atoms with Crippen LogP contribution in [0.2, 0.25) is 0 Å². The van der Waals surface area contributed by atoms with Crippen molar-refractivity contribution in [2.24, 2.45) is 11.7 Å². The maximum Gasteiger partial charge on any atom is 0.0383 e. The molecule has 1 unspecified atom stereocenters. The van der Waals surface area contributed by atoms with Crippen LogP contribution >= 0.6 is 0 Å². The van der Waals surface area contributed by atoms with Crippen molar-refractivity contribution >= 4 is 0 Å².